The summed E-state index contributed by atoms with van der Waals surface area (Å²) in [5, 5.41) is 17.6. The molecular formula is C7H3N3S. The first kappa shape index (κ1) is 7.46. The molecule has 0 fully saturated rings. The van der Waals surface area contributed by atoms with Crippen molar-refractivity contribution in [3.63, 3.8) is 0 Å². The number of hydrogen-bond donors (Lipinski definition) is 0. The predicted molar refractivity (Wildman–Crippen MR) is 41.6 cm³/mol. The molecule has 1 heterocycles. The van der Waals surface area contributed by atoms with Crippen LogP contribution in [0.5, 0.6) is 0 Å². The summed E-state index contributed by atoms with van der Waals surface area (Å²) in [7, 11) is 0. The van der Waals surface area contributed by atoms with Crippen LogP contribution in [-0.2, 0) is 0 Å². The fourth-order valence-electron chi connectivity index (χ4n) is 0.576. The highest BCUT2D eigenvalue weighted by Gasteiger charge is 2.06. The summed E-state index contributed by atoms with van der Waals surface area (Å²) in [5.74, 6) is 0. The van der Waals surface area contributed by atoms with Crippen LogP contribution in [0.1, 0.15) is 15.6 Å². The molecule has 0 N–H and O–H groups in total. The smallest absolute Gasteiger partial charge is 0.170 e. The van der Waals surface area contributed by atoms with Crippen LogP contribution in [0.15, 0.2) is 6.58 Å². The van der Waals surface area contributed by atoms with Crippen molar-refractivity contribution in [1.29, 1.82) is 10.5 Å². The number of nitriles is 2. The van der Waals surface area contributed by atoms with E-state index in [2.05, 4.69) is 11.6 Å². The number of thiazole rings is 1. The van der Waals surface area contributed by atoms with Gasteiger partial charge in [0.05, 0.1) is 0 Å². The standard InChI is InChI=1S/C7H3N3S/c1-2-7-10-5(3-8)6(4-9)11-7/h2H,1H2. The quantitative estimate of drug-likeness (QED) is 0.627. The average Bonchev–Trinajstić information content (AvgIpc) is 2.46. The van der Waals surface area contributed by atoms with Gasteiger partial charge in [0.15, 0.2) is 5.69 Å². The molecule has 0 saturated carbocycles. The Hall–Kier alpha value is -1.65. The number of rotatable bonds is 1. The van der Waals surface area contributed by atoms with Crippen molar-refractivity contribution in [3.05, 3.63) is 22.2 Å². The third-order valence-electron chi connectivity index (χ3n) is 1.03. The molecule has 0 aliphatic rings. The third kappa shape index (κ3) is 1.26. The summed E-state index contributed by atoms with van der Waals surface area (Å²) in [6, 6.07) is 3.72. The molecule has 1 aromatic heterocycles. The van der Waals surface area contributed by atoms with Crippen molar-refractivity contribution in [1.82, 2.24) is 4.98 Å². The molecule has 0 radical (unpaired) electrons. The van der Waals surface area contributed by atoms with E-state index in [1.165, 1.54) is 17.4 Å². The third-order valence-corrected chi connectivity index (χ3v) is 1.98. The summed E-state index contributed by atoms with van der Waals surface area (Å²) in [5.41, 5.74) is 0.187. The fourth-order valence-corrected chi connectivity index (χ4v) is 1.24. The minimum absolute atomic E-state index is 0.187. The second-order valence-electron chi connectivity index (χ2n) is 1.66. The molecule has 0 spiro atoms. The maximum Gasteiger partial charge on any atom is 0.170 e. The summed E-state index contributed by atoms with van der Waals surface area (Å²) < 4.78 is 0. The molecule has 0 atom stereocenters. The first-order chi connectivity index (χ1) is 5.31. The zero-order valence-electron chi connectivity index (χ0n) is 5.53. The van der Waals surface area contributed by atoms with Gasteiger partial charge in [-0.1, -0.05) is 6.58 Å². The van der Waals surface area contributed by atoms with E-state index in [9.17, 15) is 0 Å². The maximum atomic E-state index is 8.49. The van der Waals surface area contributed by atoms with Crippen LogP contribution in [0.2, 0.25) is 0 Å². The normalized spacial score (nSPS) is 8.18. The van der Waals surface area contributed by atoms with Gasteiger partial charge in [-0.2, -0.15) is 10.5 Å². The lowest BCUT2D eigenvalue weighted by Crippen LogP contribution is -1.76. The largest absolute Gasteiger partial charge is 0.225 e. The van der Waals surface area contributed by atoms with Crippen molar-refractivity contribution in [3.8, 4) is 12.1 Å². The molecule has 0 aliphatic carbocycles. The van der Waals surface area contributed by atoms with Gasteiger partial charge < -0.3 is 0 Å². The van der Waals surface area contributed by atoms with Gasteiger partial charge in [-0.15, -0.1) is 11.3 Å². The molecule has 0 saturated heterocycles. The van der Waals surface area contributed by atoms with Crippen molar-refractivity contribution < 1.29 is 0 Å². The van der Waals surface area contributed by atoms with E-state index in [0.717, 1.165) is 0 Å². The second-order valence-corrected chi connectivity index (χ2v) is 2.69. The van der Waals surface area contributed by atoms with Gasteiger partial charge in [-0.3, -0.25) is 0 Å². The maximum absolute atomic E-state index is 8.49. The van der Waals surface area contributed by atoms with Crippen molar-refractivity contribution in [2.75, 3.05) is 0 Å². The molecule has 52 valence electrons. The highest BCUT2D eigenvalue weighted by atomic mass is 32.1. The van der Waals surface area contributed by atoms with Gasteiger partial charge in [-0.05, 0) is 6.08 Å². The van der Waals surface area contributed by atoms with E-state index in [0.29, 0.717) is 9.88 Å². The molecule has 1 aromatic rings. The minimum Gasteiger partial charge on any atom is -0.225 e. The zero-order valence-corrected chi connectivity index (χ0v) is 6.35. The lowest BCUT2D eigenvalue weighted by atomic mass is 10.4. The van der Waals surface area contributed by atoms with E-state index >= 15 is 0 Å². The van der Waals surface area contributed by atoms with Gasteiger partial charge in [-0.25, -0.2) is 4.98 Å². The molecule has 11 heavy (non-hydrogen) atoms. The van der Waals surface area contributed by atoms with Crippen LogP contribution in [-0.4, -0.2) is 4.98 Å². The Morgan fingerprint density at radius 1 is 1.45 bits per heavy atom. The van der Waals surface area contributed by atoms with Gasteiger partial charge in [0.1, 0.15) is 22.0 Å². The van der Waals surface area contributed by atoms with Gasteiger partial charge in [0.2, 0.25) is 0 Å². The Morgan fingerprint density at radius 2 is 2.18 bits per heavy atom. The average molecular weight is 161 g/mol. The Labute approximate surface area is 67.8 Å². The molecule has 0 amide bonds. The Morgan fingerprint density at radius 3 is 2.55 bits per heavy atom. The highest BCUT2D eigenvalue weighted by molar-refractivity contribution is 7.13. The lowest BCUT2D eigenvalue weighted by Gasteiger charge is -1.72. The van der Waals surface area contributed by atoms with Crippen LogP contribution in [0, 0.1) is 22.7 Å². The fraction of sp³-hybridized carbons (Fsp3) is 0. The summed E-state index contributed by atoms with van der Waals surface area (Å²) >= 11 is 1.17. The SMILES string of the molecule is C=Cc1nc(C#N)c(C#N)s1. The topological polar surface area (TPSA) is 60.5 Å². The Bertz CT molecular complexity index is 333. The monoisotopic (exact) mass is 161 g/mol. The summed E-state index contributed by atoms with van der Waals surface area (Å²) in [4.78, 5) is 4.18. The van der Waals surface area contributed by atoms with Crippen LogP contribution in [0.25, 0.3) is 6.08 Å². The molecule has 0 aromatic carbocycles. The van der Waals surface area contributed by atoms with Crippen molar-refractivity contribution in [2.45, 2.75) is 0 Å². The molecule has 4 heteroatoms. The van der Waals surface area contributed by atoms with E-state index in [4.69, 9.17) is 10.5 Å². The van der Waals surface area contributed by atoms with Crippen molar-refractivity contribution in [2.24, 2.45) is 0 Å². The summed E-state index contributed by atoms with van der Waals surface area (Å²) in [6.45, 7) is 3.48. The first-order valence-electron chi connectivity index (χ1n) is 2.75. The van der Waals surface area contributed by atoms with E-state index in [1.54, 1.807) is 0 Å². The molecule has 0 bridgehead atoms. The number of nitrogens with zero attached hydrogens (tertiary/aromatic N) is 3. The van der Waals surface area contributed by atoms with Gasteiger partial charge >= 0.3 is 0 Å². The Kier molecular flexibility index (Phi) is 2.00. The second kappa shape index (κ2) is 2.96. The Balaban J connectivity index is 3.28. The molecule has 3 nitrogen and oxygen atoms in total. The van der Waals surface area contributed by atoms with Crippen molar-refractivity contribution >= 4 is 17.4 Å². The van der Waals surface area contributed by atoms with E-state index < -0.39 is 0 Å². The molecular weight excluding hydrogens is 158 g/mol. The molecule has 1 rings (SSSR count). The van der Waals surface area contributed by atoms with Gasteiger partial charge in [0, 0.05) is 0 Å². The molecule has 0 unspecified atom stereocenters. The lowest BCUT2D eigenvalue weighted by molar-refractivity contribution is 1.30. The minimum atomic E-state index is 0.187. The van der Waals surface area contributed by atoms with E-state index in [1.807, 2.05) is 12.1 Å². The number of hydrogen-bond acceptors (Lipinski definition) is 4. The summed E-state index contributed by atoms with van der Waals surface area (Å²) in [6.07, 6.45) is 1.52. The van der Waals surface area contributed by atoms with Crippen LogP contribution < -0.4 is 0 Å². The highest BCUT2D eigenvalue weighted by Crippen LogP contribution is 2.17. The molecule has 0 aliphatic heterocycles. The van der Waals surface area contributed by atoms with Crippen LogP contribution in [0.4, 0.5) is 0 Å². The number of aromatic nitrogens is 1. The van der Waals surface area contributed by atoms with Crippen LogP contribution >= 0.6 is 11.3 Å². The van der Waals surface area contributed by atoms with Crippen LogP contribution in [0.3, 0.4) is 0 Å². The van der Waals surface area contributed by atoms with Gasteiger partial charge in [0.25, 0.3) is 0 Å². The van der Waals surface area contributed by atoms with E-state index in [-0.39, 0.29) is 5.69 Å². The first-order valence-corrected chi connectivity index (χ1v) is 3.57. The predicted octanol–water partition coefficient (Wildman–Crippen LogP) is 1.53. The zero-order chi connectivity index (χ0) is 8.27.